The number of thioether (sulfide) groups is 1. The number of guanidine groups is 1. The maximum Gasteiger partial charge on any atom is 0.253 e. The van der Waals surface area contributed by atoms with Gasteiger partial charge in [-0.05, 0) is 55.6 Å². The van der Waals surface area contributed by atoms with Gasteiger partial charge in [0.2, 0.25) is 0 Å². The normalized spacial score (nSPS) is 20.9. The molecule has 3 rings (SSSR count). The summed E-state index contributed by atoms with van der Waals surface area (Å²) >= 11 is 2.04. The minimum Gasteiger partial charge on any atom is -0.355 e. The van der Waals surface area contributed by atoms with Crippen LogP contribution in [0.5, 0.6) is 0 Å². The molecule has 0 bridgehead atoms. The summed E-state index contributed by atoms with van der Waals surface area (Å²) in [5.41, 5.74) is 1.89. The molecule has 1 aromatic carbocycles. The maximum atomic E-state index is 12.7. The van der Waals surface area contributed by atoms with Gasteiger partial charge in [0.05, 0.1) is 0 Å². The lowest BCUT2D eigenvalue weighted by Gasteiger charge is -2.26. The number of nitrogens with zero attached hydrogens (tertiary/aromatic N) is 2. The predicted octanol–water partition coefficient (Wildman–Crippen LogP) is 2.87. The molecular formula is C20H30N4OS. The summed E-state index contributed by atoms with van der Waals surface area (Å²) in [5, 5.41) is 7.47. The van der Waals surface area contributed by atoms with Gasteiger partial charge in [-0.2, -0.15) is 11.8 Å². The van der Waals surface area contributed by atoms with Crippen LogP contribution in [0.25, 0.3) is 0 Å². The first-order valence-electron chi connectivity index (χ1n) is 9.70. The van der Waals surface area contributed by atoms with Crippen molar-refractivity contribution < 1.29 is 4.79 Å². The van der Waals surface area contributed by atoms with Gasteiger partial charge in [-0.15, -0.1) is 0 Å². The Labute approximate surface area is 161 Å². The van der Waals surface area contributed by atoms with Crippen LogP contribution in [0.1, 0.15) is 48.0 Å². The summed E-state index contributed by atoms with van der Waals surface area (Å²) in [4.78, 5) is 18.9. The first-order valence-corrected chi connectivity index (χ1v) is 10.8. The molecule has 1 amide bonds. The van der Waals surface area contributed by atoms with Crippen LogP contribution in [-0.4, -0.2) is 54.5 Å². The fraction of sp³-hybridized carbons (Fsp3) is 0.600. The van der Waals surface area contributed by atoms with Crippen LogP contribution in [0.15, 0.2) is 29.3 Å². The Kier molecular flexibility index (Phi) is 7.23. The van der Waals surface area contributed by atoms with Crippen molar-refractivity contribution >= 4 is 23.6 Å². The first kappa shape index (κ1) is 19.1. The smallest absolute Gasteiger partial charge is 0.253 e. The number of aliphatic imine (C=N–C) groups is 1. The summed E-state index contributed by atoms with van der Waals surface area (Å²) in [5.74, 6) is 2.26. The Balaban J connectivity index is 1.51. The Morgan fingerprint density at radius 1 is 1.23 bits per heavy atom. The van der Waals surface area contributed by atoms with Crippen LogP contribution in [0.4, 0.5) is 0 Å². The molecule has 0 saturated carbocycles. The van der Waals surface area contributed by atoms with Crippen molar-refractivity contribution in [1.82, 2.24) is 15.5 Å². The Morgan fingerprint density at radius 3 is 2.81 bits per heavy atom. The highest BCUT2D eigenvalue weighted by Crippen LogP contribution is 2.25. The molecule has 26 heavy (non-hydrogen) atoms. The van der Waals surface area contributed by atoms with Crippen molar-refractivity contribution in [3.05, 3.63) is 35.4 Å². The van der Waals surface area contributed by atoms with E-state index in [1.165, 1.54) is 25.0 Å². The third-order valence-electron chi connectivity index (χ3n) is 5.02. The molecule has 0 spiro atoms. The molecule has 142 valence electrons. The van der Waals surface area contributed by atoms with Gasteiger partial charge in [-0.3, -0.25) is 9.79 Å². The number of hydrogen-bond donors (Lipinski definition) is 2. The van der Waals surface area contributed by atoms with E-state index in [2.05, 4.69) is 21.7 Å². The van der Waals surface area contributed by atoms with Crippen LogP contribution in [0.3, 0.4) is 0 Å². The predicted molar refractivity (Wildman–Crippen MR) is 110 cm³/mol. The van der Waals surface area contributed by atoms with Crippen molar-refractivity contribution in [2.24, 2.45) is 4.99 Å². The van der Waals surface area contributed by atoms with Gasteiger partial charge < -0.3 is 15.5 Å². The van der Waals surface area contributed by atoms with Gasteiger partial charge >= 0.3 is 0 Å². The molecule has 2 aliphatic heterocycles. The lowest BCUT2D eigenvalue weighted by atomic mass is 10.1. The number of benzene rings is 1. The molecule has 0 aliphatic carbocycles. The van der Waals surface area contributed by atoms with E-state index in [0.29, 0.717) is 11.8 Å². The van der Waals surface area contributed by atoms with E-state index in [-0.39, 0.29) is 5.91 Å². The highest BCUT2D eigenvalue weighted by atomic mass is 32.2. The second-order valence-corrected chi connectivity index (χ2v) is 8.40. The minimum atomic E-state index is 0.160. The third-order valence-corrected chi connectivity index (χ3v) is 6.42. The molecule has 2 fully saturated rings. The third kappa shape index (κ3) is 5.40. The van der Waals surface area contributed by atoms with Gasteiger partial charge in [-0.1, -0.05) is 12.1 Å². The summed E-state index contributed by atoms with van der Waals surface area (Å²) in [6.45, 7) is 3.39. The number of amides is 1. The zero-order valence-corrected chi connectivity index (χ0v) is 16.5. The van der Waals surface area contributed by atoms with E-state index in [4.69, 9.17) is 0 Å². The monoisotopic (exact) mass is 374 g/mol. The van der Waals surface area contributed by atoms with Crippen LogP contribution >= 0.6 is 11.8 Å². The van der Waals surface area contributed by atoms with E-state index >= 15 is 0 Å². The van der Waals surface area contributed by atoms with Gasteiger partial charge in [-0.25, -0.2) is 0 Å². The number of nitrogens with one attached hydrogen (secondary N) is 2. The van der Waals surface area contributed by atoms with Gasteiger partial charge in [0.25, 0.3) is 5.91 Å². The molecule has 1 atom stereocenters. The van der Waals surface area contributed by atoms with E-state index < -0.39 is 0 Å². The molecule has 2 aliphatic rings. The van der Waals surface area contributed by atoms with Crippen molar-refractivity contribution in [3.8, 4) is 0 Å². The van der Waals surface area contributed by atoms with Gasteiger partial charge in [0.15, 0.2) is 5.96 Å². The molecule has 0 aromatic heterocycles. The average Bonchev–Trinajstić information content (AvgIpc) is 3.22. The van der Waals surface area contributed by atoms with E-state index in [0.717, 1.165) is 49.6 Å². The number of piperidine rings is 1. The SMILES string of the molecule is CN=C(NCc1cccc(C(=O)N2CCCCC2)c1)NCC1CCCS1. The highest BCUT2D eigenvalue weighted by molar-refractivity contribution is 8.00. The molecule has 2 heterocycles. The summed E-state index contributed by atoms with van der Waals surface area (Å²) in [6.07, 6.45) is 6.08. The highest BCUT2D eigenvalue weighted by Gasteiger charge is 2.18. The maximum absolute atomic E-state index is 12.7. The number of carbonyl (C=O) groups excluding carboxylic acids is 1. The minimum absolute atomic E-state index is 0.160. The zero-order chi connectivity index (χ0) is 18.2. The fourth-order valence-electron chi connectivity index (χ4n) is 3.52. The molecule has 0 radical (unpaired) electrons. The lowest BCUT2D eigenvalue weighted by Crippen LogP contribution is -2.39. The molecule has 6 heteroatoms. The Bertz CT molecular complexity index is 622. The fourth-order valence-corrected chi connectivity index (χ4v) is 4.72. The number of carbonyl (C=O) groups is 1. The van der Waals surface area contributed by atoms with Crippen molar-refractivity contribution in [1.29, 1.82) is 0 Å². The average molecular weight is 375 g/mol. The summed E-state index contributed by atoms with van der Waals surface area (Å²) in [6, 6.07) is 7.95. The molecular weight excluding hydrogens is 344 g/mol. The molecule has 1 aromatic rings. The van der Waals surface area contributed by atoms with Crippen LogP contribution in [0.2, 0.25) is 0 Å². The molecule has 5 nitrogen and oxygen atoms in total. The van der Waals surface area contributed by atoms with Gasteiger partial charge in [0.1, 0.15) is 0 Å². The van der Waals surface area contributed by atoms with E-state index in [9.17, 15) is 4.79 Å². The standard InChI is InChI=1S/C20H30N4OS/c1-21-20(23-15-18-9-6-12-26-18)22-14-16-7-5-8-17(13-16)19(25)24-10-3-2-4-11-24/h5,7-8,13,18H,2-4,6,9-12,14-15H2,1H3,(H2,21,22,23). The van der Waals surface area contributed by atoms with Crippen LogP contribution in [-0.2, 0) is 6.54 Å². The summed E-state index contributed by atoms with van der Waals surface area (Å²) < 4.78 is 0. The lowest BCUT2D eigenvalue weighted by molar-refractivity contribution is 0.0724. The number of likely N-dealkylation sites (tertiary alicyclic amines) is 1. The molecule has 2 saturated heterocycles. The Morgan fingerprint density at radius 2 is 2.08 bits per heavy atom. The molecule has 1 unspecified atom stereocenters. The number of hydrogen-bond acceptors (Lipinski definition) is 3. The largest absolute Gasteiger partial charge is 0.355 e. The number of rotatable bonds is 5. The van der Waals surface area contributed by atoms with E-state index in [1.807, 2.05) is 34.9 Å². The quantitative estimate of drug-likeness (QED) is 0.615. The van der Waals surface area contributed by atoms with Gasteiger partial charge in [0, 0.05) is 44.0 Å². The topological polar surface area (TPSA) is 56.7 Å². The summed E-state index contributed by atoms with van der Waals surface area (Å²) in [7, 11) is 1.80. The van der Waals surface area contributed by atoms with Crippen molar-refractivity contribution in [2.75, 3.05) is 32.4 Å². The zero-order valence-electron chi connectivity index (χ0n) is 15.7. The first-order chi connectivity index (χ1) is 12.8. The van der Waals surface area contributed by atoms with Crippen molar-refractivity contribution in [3.63, 3.8) is 0 Å². The van der Waals surface area contributed by atoms with Crippen LogP contribution in [0, 0.1) is 0 Å². The molecule has 2 N–H and O–H groups in total. The van der Waals surface area contributed by atoms with Crippen molar-refractivity contribution in [2.45, 2.75) is 43.9 Å². The van der Waals surface area contributed by atoms with E-state index in [1.54, 1.807) is 7.05 Å². The second-order valence-electron chi connectivity index (χ2n) is 6.99. The Hall–Kier alpha value is -1.69. The second kappa shape index (κ2) is 9.86. The van der Waals surface area contributed by atoms with Crippen LogP contribution < -0.4 is 10.6 Å².